The molecule has 0 aliphatic rings. The Kier molecular flexibility index (Phi) is 6.73. The fourth-order valence-corrected chi connectivity index (χ4v) is 1.84. The van der Waals surface area contributed by atoms with Gasteiger partial charge in [-0.1, -0.05) is 25.5 Å². The minimum absolute atomic E-state index is 0.0441. The summed E-state index contributed by atoms with van der Waals surface area (Å²) in [5.41, 5.74) is 1.31. The first-order chi connectivity index (χ1) is 9.54. The van der Waals surface area contributed by atoms with Crippen molar-refractivity contribution in [1.82, 2.24) is 5.32 Å². The number of aliphatic carboxylic acids is 1. The van der Waals surface area contributed by atoms with Gasteiger partial charge in [-0.3, -0.25) is 9.59 Å². The van der Waals surface area contributed by atoms with E-state index >= 15 is 0 Å². The van der Waals surface area contributed by atoms with Crippen LogP contribution in [0.4, 0.5) is 0 Å². The lowest BCUT2D eigenvalue weighted by Crippen LogP contribution is -2.24. The van der Waals surface area contributed by atoms with Gasteiger partial charge in [0.15, 0.2) is 0 Å². The van der Waals surface area contributed by atoms with Crippen molar-refractivity contribution in [2.45, 2.75) is 38.7 Å². The number of carbonyl (C=O) groups excluding carboxylic acids is 1. The van der Waals surface area contributed by atoms with Gasteiger partial charge in [0.05, 0.1) is 6.10 Å². The molecule has 0 saturated heterocycles. The summed E-state index contributed by atoms with van der Waals surface area (Å²) in [5, 5.41) is 21.0. The zero-order chi connectivity index (χ0) is 15.0. The van der Waals surface area contributed by atoms with Crippen LogP contribution in [0.2, 0.25) is 0 Å². The lowest BCUT2D eigenvalue weighted by molar-refractivity contribution is -0.137. The average Bonchev–Trinajstić information content (AvgIpc) is 2.43. The first kappa shape index (κ1) is 16.2. The summed E-state index contributed by atoms with van der Waals surface area (Å²) in [6.45, 7) is 2.34. The minimum atomic E-state index is -0.867. The van der Waals surface area contributed by atoms with Crippen LogP contribution in [0.1, 0.15) is 54.6 Å². The maximum absolute atomic E-state index is 11.8. The van der Waals surface area contributed by atoms with Gasteiger partial charge in [0.25, 0.3) is 5.91 Å². The molecule has 1 aromatic carbocycles. The number of aliphatic hydroxyl groups excluding tert-OH is 1. The Balaban J connectivity index is 2.47. The van der Waals surface area contributed by atoms with Gasteiger partial charge in [-0.15, -0.1) is 0 Å². The minimum Gasteiger partial charge on any atom is -0.481 e. The maximum Gasteiger partial charge on any atom is 0.303 e. The molecule has 1 rings (SSSR count). The van der Waals surface area contributed by atoms with Crippen molar-refractivity contribution in [2.24, 2.45) is 0 Å². The summed E-state index contributed by atoms with van der Waals surface area (Å²) in [5.74, 6) is -1.10. The summed E-state index contributed by atoms with van der Waals surface area (Å²) in [7, 11) is 0. The van der Waals surface area contributed by atoms with Crippen molar-refractivity contribution >= 4 is 11.9 Å². The highest BCUT2D eigenvalue weighted by molar-refractivity contribution is 5.94. The number of hydrogen-bond acceptors (Lipinski definition) is 3. The third kappa shape index (κ3) is 5.40. The van der Waals surface area contributed by atoms with E-state index in [-0.39, 0.29) is 12.3 Å². The lowest BCUT2D eigenvalue weighted by Gasteiger charge is -2.10. The summed E-state index contributed by atoms with van der Waals surface area (Å²) < 4.78 is 0. The summed E-state index contributed by atoms with van der Waals surface area (Å²) in [6, 6.07) is 6.82. The van der Waals surface area contributed by atoms with Gasteiger partial charge < -0.3 is 15.5 Å². The molecule has 0 spiro atoms. The number of carboxylic acid groups (broad SMARTS) is 1. The Bertz CT molecular complexity index is 442. The summed E-state index contributed by atoms with van der Waals surface area (Å²) in [6.07, 6.45) is 1.55. The fourth-order valence-electron chi connectivity index (χ4n) is 1.84. The zero-order valence-corrected chi connectivity index (χ0v) is 11.6. The first-order valence-corrected chi connectivity index (χ1v) is 6.82. The molecule has 1 unspecified atom stereocenters. The Morgan fingerprint density at radius 1 is 1.25 bits per heavy atom. The molecule has 110 valence electrons. The smallest absolute Gasteiger partial charge is 0.303 e. The largest absolute Gasteiger partial charge is 0.481 e. The molecule has 1 amide bonds. The third-order valence-electron chi connectivity index (χ3n) is 2.97. The molecule has 0 aromatic heterocycles. The monoisotopic (exact) mass is 279 g/mol. The topological polar surface area (TPSA) is 86.6 Å². The molecule has 0 saturated carbocycles. The fraction of sp³-hybridized carbons (Fsp3) is 0.467. The van der Waals surface area contributed by atoms with E-state index in [1.807, 2.05) is 6.92 Å². The molecule has 0 aliphatic carbocycles. The molecule has 20 heavy (non-hydrogen) atoms. The van der Waals surface area contributed by atoms with Crippen LogP contribution in [0.5, 0.6) is 0 Å². The van der Waals surface area contributed by atoms with E-state index < -0.39 is 12.1 Å². The molecule has 0 aliphatic heterocycles. The van der Waals surface area contributed by atoms with Gasteiger partial charge >= 0.3 is 5.97 Å². The van der Waals surface area contributed by atoms with Crippen LogP contribution in [-0.2, 0) is 4.79 Å². The number of rotatable bonds is 8. The number of carboxylic acids is 1. The second-order valence-corrected chi connectivity index (χ2v) is 4.68. The lowest BCUT2D eigenvalue weighted by atomic mass is 10.0. The maximum atomic E-state index is 11.8. The Morgan fingerprint density at radius 2 is 1.90 bits per heavy atom. The van der Waals surface area contributed by atoms with Crippen molar-refractivity contribution in [3.8, 4) is 0 Å². The van der Waals surface area contributed by atoms with Gasteiger partial charge in [0.2, 0.25) is 0 Å². The number of benzene rings is 1. The van der Waals surface area contributed by atoms with Crippen LogP contribution in [0, 0.1) is 0 Å². The standard InChI is InChI=1S/C15H21NO4/c1-2-4-13(17)11-6-8-12(9-7-11)15(20)16-10-3-5-14(18)19/h6-9,13,17H,2-5,10H2,1H3,(H,16,20)(H,18,19). The van der Waals surface area contributed by atoms with E-state index in [0.717, 1.165) is 12.0 Å². The van der Waals surface area contributed by atoms with E-state index in [0.29, 0.717) is 24.9 Å². The second kappa shape index (κ2) is 8.32. The van der Waals surface area contributed by atoms with Gasteiger partial charge in [0.1, 0.15) is 0 Å². The predicted molar refractivity (Wildman–Crippen MR) is 75.5 cm³/mol. The molecule has 3 N–H and O–H groups in total. The van der Waals surface area contributed by atoms with Crippen LogP contribution in [-0.4, -0.2) is 28.6 Å². The molecular weight excluding hydrogens is 258 g/mol. The zero-order valence-electron chi connectivity index (χ0n) is 11.6. The highest BCUT2D eigenvalue weighted by Crippen LogP contribution is 2.18. The van der Waals surface area contributed by atoms with E-state index in [9.17, 15) is 14.7 Å². The van der Waals surface area contributed by atoms with Crippen molar-refractivity contribution in [3.63, 3.8) is 0 Å². The molecule has 5 heteroatoms. The van der Waals surface area contributed by atoms with E-state index in [2.05, 4.69) is 5.32 Å². The van der Waals surface area contributed by atoms with Gasteiger partial charge in [-0.25, -0.2) is 0 Å². The van der Waals surface area contributed by atoms with Crippen LogP contribution in [0.25, 0.3) is 0 Å². The Hall–Kier alpha value is -1.88. The normalized spacial score (nSPS) is 11.9. The SMILES string of the molecule is CCCC(O)c1ccc(C(=O)NCCCC(=O)O)cc1. The van der Waals surface area contributed by atoms with Crippen LogP contribution in [0.3, 0.4) is 0 Å². The van der Waals surface area contributed by atoms with Crippen molar-refractivity contribution in [1.29, 1.82) is 0 Å². The molecule has 0 bridgehead atoms. The molecule has 5 nitrogen and oxygen atoms in total. The van der Waals surface area contributed by atoms with E-state index in [1.165, 1.54) is 0 Å². The molecule has 0 radical (unpaired) electrons. The quantitative estimate of drug-likeness (QED) is 0.636. The summed E-state index contributed by atoms with van der Waals surface area (Å²) >= 11 is 0. The van der Waals surface area contributed by atoms with Gasteiger partial charge in [-0.2, -0.15) is 0 Å². The number of nitrogens with one attached hydrogen (secondary N) is 1. The van der Waals surface area contributed by atoms with Gasteiger partial charge in [-0.05, 0) is 30.5 Å². The number of hydrogen-bond donors (Lipinski definition) is 3. The first-order valence-electron chi connectivity index (χ1n) is 6.82. The molecule has 1 atom stereocenters. The molecular formula is C15H21NO4. The van der Waals surface area contributed by atoms with Crippen LogP contribution in [0.15, 0.2) is 24.3 Å². The Labute approximate surface area is 118 Å². The van der Waals surface area contributed by atoms with Crippen LogP contribution < -0.4 is 5.32 Å². The second-order valence-electron chi connectivity index (χ2n) is 4.68. The van der Waals surface area contributed by atoms with E-state index in [1.54, 1.807) is 24.3 Å². The summed E-state index contributed by atoms with van der Waals surface area (Å²) in [4.78, 5) is 22.1. The average molecular weight is 279 g/mol. The number of aliphatic hydroxyl groups is 1. The molecule has 0 heterocycles. The van der Waals surface area contributed by atoms with Crippen molar-refractivity contribution in [2.75, 3.05) is 6.54 Å². The highest BCUT2D eigenvalue weighted by atomic mass is 16.4. The van der Waals surface area contributed by atoms with Crippen molar-refractivity contribution in [3.05, 3.63) is 35.4 Å². The van der Waals surface area contributed by atoms with Crippen molar-refractivity contribution < 1.29 is 19.8 Å². The number of amides is 1. The third-order valence-corrected chi connectivity index (χ3v) is 2.97. The Morgan fingerprint density at radius 3 is 2.45 bits per heavy atom. The molecule has 0 fully saturated rings. The van der Waals surface area contributed by atoms with Crippen LogP contribution >= 0.6 is 0 Å². The highest BCUT2D eigenvalue weighted by Gasteiger charge is 2.09. The number of carbonyl (C=O) groups is 2. The predicted octanol–water partition coefficient (Wildman–Crippen LogP) is 2.11. The van der Waals surface area contributed by atoms with E-state index in [4.69, 9.17) is 5.11 Å². The molecule has 1 aromatic rings. The van der Waals surface area contributed by atoms with Gasteiger partial charge in [0, 0.05) is 18.5 Å².